The van der Waals surface area contributed by atoms with Gasteiger partial charge in [-0.25, -0.2) is 9.97 Å². The third-order valence-corrected chi connectivity index (χ3v) is 10.4. The van der Waals surface area contributed by atoms with Crippen molar-refractivity contribution in [2.45, 2.75) is 5.41 Å². The number of hydrogen-bond donors (Lipinski definition) is 2. The first-order chi connectivity index (χ1) is 26.2. The zero-order valence-electron chi connectivity index (χ0n) is 28.3. The molecule has 0 atom stereocenters. The Morgan fingerprint density at radius 2 is 0.925 bits per heavy atom. The van der Waals surface area contributed by atoms with E-state index in [2.05, 4.69) is 76.7 Å². The Balaban J connectivity index is 1.45. The zero-order chi connectivity index (χ0) is 35.5. The van der Waals surface area contributed by atoms with Crippen molar-refractivity contribution in [1.29, 1.82) is 10.5 Å². The first kappa shape index (κ1) is 30.3. The molecule has 0 saturated heterocycles. The molecular weight excluding hydrogens is 649 g/mol. The lowest BCUT2D eigenvalue weighted by atomic mass is 9.68. The van der Waals surface area contributed by atoms with Gasteiger partial charge in [0.1, 0.15) is 0 Å². The molecule has 246 valence electrons. The molecule has 7 aromatic rings. The van der Waals surface area contributed by atoms with Crippen molar-refractivity contribution < 1.29 is 0 Å². The molecule has 0 saturated carbocycles. The second-order valence-electron chi connectivity index (χ2n) is 13.3. The van der Waals surface area contributed by atoms with Crippen LogP contribution in [0.1, 0.15) is 28.3 Å². The quantitative estimate of drug-likeness (QED) is 0.194. The van der Waals surface area contributed by atoms with Gasteiger partial charge in [0.15, 0.2) is 5.41 Å². The molecule has 3 aromatic heterocycles. The van der Waals surface area contributed by atoms with Crippen LogP contribution in [-0.2, 0) is 5.41 Å². The number of aromatic amines is 2. The van der Waals surface area contributed by atoms with Gasteiger partial charge in [0.05, 0.1) is 34.9 Å². The highest BCUT2D eigenvalue weighted by Crippen LogP contribution is 2.53. The van der Waals surface area contributed by atoms with Crippen LogP contribution >= 0.6 is 0 Å². The van der Waals surface area contributed by atoms with Crippen LogP contribution in [0.5, 0.6) is 0 Å². The highest BCUT2D eigenvalue weighted by molar-refractivity contribution is 6.08. The molecule has 0 unspecified atom stereocenters. The molecule has 8 bridgehead atoms. The van der Waals surface area contributed by atoms with Crippen LogP contribution in [0.4, 0.5) is 0 Å². The molecule has 10 rings (SSSR count). The summed E-state index contributed by atoms with van der Waals surface area (Å²) < 4.78 is 0. The van der Waals surface area contributed by atoms with Gasteiger partial charge in [-0.3, -0.25) is 0 Å². The minimum absolute atomic E-state index is 0.560. The third kappa shape index (κ3) is 4.57. The lowest BCUT2D eigenvalue weighted by Crippen LogP contribution is -2.27. The molecule has 53 heavy (non-hydrogen) atoms. The normalized spacial score (nSPS) is 13.4. The van der Waals surface area contributed by atoms with Gasteiger partial charge < -0.3 is 9.97 Å². The molecule has 2 N–H and O–H groups in total. The Morgan fingerprint density at radius 1 is 0.453 bits per heavy atom. The summed E-state index contributed by atoms with van der Waals surface area (Å²) in [5.41, 5.74) is 13.5. The number of benzene rings is 4. The van der Waals surface area contributed by atoms with Gasteiger partial charge >= 0.3 is 0 Å². The molecule has 3 aliphatic rings. The summed E-state index contributed by atoms with van der Waals surface area (Å²) in [6, 6.07) is 51.7. The van der Waals surface area contributed by atoms with Crippen LogP contribution in [0.2, 0.25) is 0 Å². The lowest BCUT2D eigenvalue weighted by Gasteiger charge is -2.29. The summed E-state index contributed by atoms with van der Waals surface area (Å²) in [6.07, 6.45) is 6.02. The van der Waals surface area contributed by atoms with Crippen molar-refractivity contribution in [3.05, 3.63) is 168 Å². The fourth-order valence-electron chi connectivity index (χ4n) is 8.01. The average molecular weight is 677 g/mol. The minimum atomic E-state index is -1.57. The molecule has 5 heterocycles. The van der Waals surface area contributed by atoms with E-state index in [1.807, 2.05) is 103 Å². The largest absolute Gasteiger partial charge is 0.354 e. The van der Waals surface area contributed by atoms with Gasteiger partial charge in [0, 0.05) is 49.9 Å². The summed E-state index contributed by atoms with van der Waals surface area (Å²) >= 11 is 0. The fourth-order valence-corrected chi connectivity index (χ4v) is 8.01. The van der Waals surface area contributed by atoms with Crippen LogP contribution in [0.25, 0.3) is 90.4 Å². The molecule has 1 aliphatic carbocycles. The summed E-state index contributed by atoms with van der Waals surface area (Å²) in [6.45, 7) is 0. The SMILES string of the molecule is N#CC1(C#N)C2=Cc3nc2c(c2ccc([nH]2)c(-c2ccccc2)c2ccc([nH]2)c(-c2ccccc2)c2nc(c3-c3ccccc3)C=C2)-c2ccccc21. The second kappa shape index (κ2) is 11.8. The highest BCUT2D eigenvalue weighted by atomic mass is 14.8. The van der Waals surface area contributed by atoms with E-state index in [1.54, 1.807) is 0 Å². The summed E-state index contributed by atoms with van der Waals surface area (Å²) in [5.74, 6) is 0. The van der Waals surface area contributed by atoms with Gasteiger partial charge in [-0.2, -0.15) is 10.5 Å². The maximum Gasteiger partial charge on any atom is 0.196 e. The fraction of sp³-hybridized carbons (Fsp3) is 0.0213. The number of H-pyrrole nitrogens is 2. The molecule has 0 fully saturated rings. The zero-order valence-corrected chi connectivity index (χ0v) is 28.3. The van der Waals surface area contributed by atoms with E-state index >= 15 is 0 Å². The van der Waals surface area contributed by atoms with Crippen LogP contribution in [0.3, 0.4) is 0 Å². The van der Waals surface area contributed by atoms with Crippen LogP contribution in [0, 0.1) is 22.7 Å². The monoisotopic (exact) mass is 676 g/mol. The van der Waals surface area contributed by atoms with Crippen molar-refractivity contribution >= 4 is 45.9 Å². The molecule has 6 nitrogen and oxygen atoms in total. The standard InChI is InChI=1S/C47H28N6/c48-27-47(28-49)33-19-11-10-18-32(33)45-40-25-24-38(52-40)43(30-14-6-2-7-15-30)36-21-20-35(50-36)42(29-12-4-1-5-13-29)37-22-23-39(51-37)44(31-16-8-3-9-17-31)41-26-34(47)46(45)53-41/h1-26,50,52H. The van der Waals surface area contributed by atoms with Crippen molar-refractivity contribution in [1.82, 2.24) is 19.9 Å². The van der Waals surface area contributed by atoms with E-state index in [1.165, 1.54) is 0 Å². The van der Waals surface area contributed by atoms with E-state index in [-0.39, 0.29) is 0 Å². The maximum atomic E-state index is 10.9. The Hall–Kier alpha value is -7.54. The molecule has 2 aliphatic heterocycles. The number of rotatable bonds is 3. The molecule has 6 heteroatoms. The number of nitrogens with zero attached hydrogens (tertiary/aromatic N) is 4. The number of allylic oxidation sites excluding steroid dienone is 1. The molecule has 0 amide bonds. The van der Waals surface area contributed by atoms with E-state index in [0.717, 1.165) is 78.0 Å². The number of nitriles is 2. The van der Waals surface area contributed by atoms with Crippen molar-refractivity contribution in [2.24, 2.45) is 0 Å². The molecule has 0 radical (unpaired) electrons. The van der Waals surface area contributed by atoms with Crippen molar-refractivity contribution in [2.75, 3.05) is 0 Å². The number of aromatic nitrogens is 4. The lowest BCUT2D eigenvalue weighted by molar-refractivity contribution is 0.905. The van der Waals surface area contributed by atoms with Gasteiger partial charge in [-0.05, 0) is 70.3 Å². The van der Waals surface area contributed by atoms with Crippen molar-refractivity contribution in [3.8, 4) is 56.6 Å². The van der Waals surface area contributed by atoms with Crippen LogP contribution in [0.15, 0.2) is 140 Å². The minimum Gasteiger partial charge on any atom is -0.354 e. The van der Waals surface area contributed by atoms with Crippen molar-refractivity contribution in [3.63, 3.8) is 0 Å². The Kier molecular flexibility index (Phi) is 6.73. The van der Waals surface area contributed by atoms with E-state index < -0.39 is 5.41 Å². The van der Waals surface area contributed by atoms with Crippen LogP contribution < -0.4 is 0 Å². The third-order valence-electron chi connectivity index (χ3n) is 10.4. The molecular formula is C47H28N6. The van der Waals surface area contributed by atoms with Gasteiger partial charge in [-0.1, -0.05) is 115 Å². The number of nitrogens with one attached hydrogen (secondary N) is 2. The van der Waals surface area contributed by atoms with Gasteiger partial charge in [-0.15, -0.1) is 0 Å². The first-order valence-electron chi connectivity index (χ1n) is 17.5. The van der Waals surface area contributed by atoms with Gasteiger partial charge in [0.25, 0.3) is 0 Å². The maximum absolute atomic E-state index is 10.9. The van der Waals surface area contributed by atoms with E-state index in [4.69, 9.17) is 9.97 Å². The summed E-state index contributed by atoms with van der Waals surface area (Å²) in [4.78, 5) is 18.3. The number of hydrogen-bond acceptors (Lipinski definition) is 4. The van der Waals surface area contributed by atoms with Gasteiger partial charge in [0.2, 0.25) is 0 Å². The topological polar surface area (TPSA) is 105 Å². The Bertz CT molecular complexity index is 2940. The molecule has 0 spiro atoms. The van der Waals surface area contributed by atoms with Crippen LogP contribution in [-0.4, -0.2) is 19.9 Å². The average Bonchev–Trinajstić information content (AvgIpc) is 4.05. The summed E-state index contributed by atoms with van der Waals surface area (Å²) in [5, 5.41) is 21.8. The molecule has 4 aromatic carbocycles. The number of fused-ring (bicyclic) bond motifs is 10. The van der Waals surface area contributed by atoms with E-state index in [0.29, 0.717) is 22.5 Å². The summed E-state index contributed by atoms with van der Waals surface area (Å²) in [7, 11) is 0. The highest BCUT2D eigenvalue weighted by Gasteiger charge is 2.47. The Morgan fingerprint density at radius 3 is 1.51 bits per heavy atom. The van der Waals surface area contributed by atoms with E-state index in [9.17, 15) is 10.5 Å². The first-order valence-corrected chi connectivity index (χ1v) is 17.5. The Labute approximate surface area is 305 Å². The second-order valence-corrected chi connectivity index (χ2v) is 13.3. The predicted octanol–water partition coefficient (Wildman–Crippen LogP) is 11.0. The predicted molar refractivity (Wildman–Crippen MR) is 212 cm³/mol. The smallest absolute Gasteiger partial charge is 0.196 e.